The second-order valence-electron chi connectivity index (χ2n) is 8.12. The number of nitrogens with two attached hydrogens (primary N) is 1. The van der Waals surface area contributed by atoms with Gasteiger partial charge in [0, 0.05) is 13.5 Å². The molecule has 2 aromatic carbocycles. The molecule has 1 atom stereocenters. The zero-order valence-corrected chi connectivity index (χ0v) is 18.1. The summed E-state index contributed by atoms with van der Waals surface area (Å²) >= 11 is 0. The molecular formula is C23H22F5N3O3. The molecular weight excluding hydrogens is 461 g/mol. The van der Waals surface area contributed by atoms with Crippen LogP contribution in [0.5, 0.6) is 11.5 Å². The molecule has 0 spiro atoms. The van der Waals surface area contributed by atoms with Crippen LogP contribution in [0.3, 0.4) is 0 Å². The van der Waals surface area contributed by atoms with Crippen LogP contribution in [0.2, 0.25) is 0 Å². The molecule has 2 aliphatic rings. The minimum Gasteiger partial charge on any atom is -0.490 e. The summed E-state index contributed by atoms with van der Waals surface area (Å²) < 4.78 is 75.0. The largest absolute Gasteiger partial charge is 0.490 e. The van der Waals surface area contributed by atoms with E-state index in [2.05, 4.69) is 9.73 Å². The Balaban J connectivity index is 1.82. The van der Waals surface area contributed by atoms with E-state index in [1.54, 1.807) is 6.07 Å². The van der Waals surface area contributed by atoms with Crippen LogP contribution >= 0.6 is 0 Å². The number of rotatable bonds is 9. The first-order valence-electron chi connectivity index (χ1n) is 10.6. The molecule has 1 unspecified atom stereocenters. The van der Waals surface area contributed by atoms with Crippen LogP contribution < -0.4 is 15.2 Å². The van der Waals surface area contributed by atoms with Gasteiger partial charge in [-0.3, -0.25) is 9.69 Å². The van der Waals surface area contributed by atoms with Gasteiger partial charge in [-0.1, -0.05) is 12.1 Å². The van der Waals surface area contributed by atoms with Gasteiger partial charge in [-0.25, -0.2) is 18.2 Å². The maximum absolute atomic E-state index is 14.4. The van der Waals surface area contributed by atoms with Gasteiger partial charge in [0.25, 0.3) is 5.91 Å². The Kier molecular flexibility index (Phi) is 6.37. The summed E-state index contributed by atoms with van der Waals surface area (Å²) in [4.78, 5) is 19.0. The zero-order chi connectivity index (χ0) is 24.6. The number of hydrogen-bond acceptors (Lipinski definition) is 5. The van der Waals surface area contributed by atoms with Crippen LogP contribution in [-0.4, -0.2) is 43.5 Å². The predicted molar refractivity (Wildman–Crippen MR) is 113 cm³/mol. The fraction of sp³-hybridized carbons (Fsp3) is 0.391. The Bertz CT molecular complexity index is 1120. The van der Waals surface area contributed by atoms with Gasteiger partial charge in [0.2, 0.25) is 6.43 Å². The topological polar surface area (TPSA) is 77.2 Å². The summed E-state index contributed by atoms with van der Waals surface area (Å²) in [5.41, 5.74) is 5.20. The number of benzene rings is 2. The molecule has 1 amide bonds. The Morgan fingerprint density at radius 1 is 1.12 bits per heavy atom. The van der Waals surface area contributed by atoms with Gasteiger partial charge in [0.05, 0.1) is 6.61 Å². The number of halogens is 5. The van der Waals surface area contributed by atoms with Crippen LogP contribution in [-0.2, 0) is 10.3 Å². The first-order chi connectivity index (χ1) is 16.1. The average Bonchev–Trinajstić information content (AvgIpc) is 3.59. The highest BCUT2D eigenvalue weighted by atomic mass is 19.3. The summed E-state index contributed by atoms with van der Waals surface area (Å²) in [6.07, 6.45) is -1.68. The third-order valence-corrected chi connectivity index (χ3v) is 5.84. The van der Waals surface area contributed by atoms with Crippen LogP contribution in [0.4, 0.5) is 22.0 Å². The lowest BCUT2D eigenvalue weighted by atomic mass is 9.81. The van der Waals surface area contributed by atoms with Gasteiger partial charge in [-0.15, -0.1) is 0 Å². The highest BCUT2D eigenvalue weighted by Crippen LogP contribution is 2.48. The van der Waals surface area contributed by atoms with Crippen molar-refractivity contribution in [2.75, 3.05) is 13.7 Å². The van der Waals surface area contributed by atoms with Crippen molar-refractivity contribution in [3.05, 3.63) is 58.9 Å². The van der Waals surface area contributed by atoms with E-state index in [-0.39, 0.29) is 28.9 Å². The molecule has 1 aliphatic heterocycles. The highest BCUT2D eigenvalue weighted by Gasteiger charge is 2.50. The summed E-state index contributed by atoms with van der Waals surface area (Å²) in [5.74, 6) is -1.79. The fourth-order valence-electron chi connectivity index (χ4n) is 3.97. The molecule has 0 radical (unpaired) electrons. The van der Waals surface area contributed by atoms with E-state index in [1.807, 2.05) is 0 Å². The lowest BCUT2D eigenvalue weighted by molar-refractivity contribution is -0.129. The summed E-state index contributed by atoms with van der Waals surface area (Å²) in [5, 5.41) is 0. The van der Waals surface area contributed by atoms with Gasteiger partial charge in [0.1, 0.15) is 5.75 Å². The molecule has 2 aromatic rings. The molecule has 182 valence electrons. The van der Waals surface area contributed by atoms with Crippen molar-refractivity contribution in [1.82, 2.24) is 4.90 Å². The fourth-order valence-corrected chi connectivity index (χ4v) is 3.97. The van der Waals surface area contributed by atoms with E-state index in [4.69, 9.17) is 10.5 Å². The maximum atomic E-state index is 14.4. The smallest absolute Gasteiger partial charge is 0.387 e. The predicted octanol–water partition coefficient (Wildman–Crippen LogP) is 4.37. The van der Waals surface area contributed by atoms with Gasteiger partial charge in [-0.05, 0) is 59.7 Å². The lowest BCUT2D eigenvalue weighted by Crippen LogP contribution is -2.41. The molecule has 1 fully saturated rings. The Morgan fingerprint density at radius 3 is 2.38 bits per heavy atom. The molecule has 0 saturated heterocycles. The number of carbonyl (C=O) groups excluding carboxylic acids is 1. The van der Waals surface area contributed by atoms with Crippen LogP contribution in [0.25, 0.3) is 0 Å². The second-order valence-corrected chi connectivity index (χ2v) is 8.12. The first kappa shape index (κ1) is 23.8. The van der Waals surface area contributed by atoms with Gasteiger partial charge in [-0.2, -0.15) is 8.78 Å². The number of carbonyl (C=O) groups is 1. The number of likely N-dealkylation sites (N-methyl/N-ethyl adjacent to an activating group) is 1. The Hall–Kier alpha value is -3.37. The summed E-state index contributed by atoms with van der Waals surface area (Å²) in [6.45, 7) is -3.45. The van der Waals surface area contributed by atoms with Crippen molar-refractivity contribution in [2.24, 2.45) is 10.7 Å². The van der Waals surface area contributed by atoms with Gasteiger partial charge < -0.3 is 15.2 Å². The summed E-state index contributed by atoms with van der Waals surface area (Å²) in [6, 6.07) is 7.93. The molecule has 6 nitrogen and oxygen atoms in total. The van der Waals surface area contributed by atoms with Crippen molar-refractivity contribution in [3.63, 3.8) is 0 Å². The van der Waals surface area contributed by atoms with E-state index in [1.165, 1.54) is 31.3 Å². The average molecular weight is 483 g/mol. The van der Waals surface area contributed by atoms with Crippen LogP contribution in [0.1, 0.15) is 41.9 Å². The molecule has 0 bridgehead atoms. The minimum atomic E-state index is -3.02. The molecule has 4 rings (SSSR count). The lowest BCUT2D eigenvalue weighted by Gasteiger charge is -2.27. The van der Waals surface area contributed by atoms with Crippen molar-refractivity contribution < 1.29 is 36.2 Å². The number of hydrogen-bond donors (Lipinski definition) is 1. The second kappa shape index (κ2) is 9.11. The van der Waals surface area contributed by atoms with E-state index in [0.717, 1.165) is 23.8 Å². The summed E-state index contributed by atoms with van der Waals surface area (Å²) in [7, 11) is 1.42. The van der Waals surface area contributed by atoms with Gasteiger partial charge >= 0.3 is 6.61 Å². The maximum Gasteiger partial charge on any atom is 0.387 e. The van der Waals surface area contributed by atoms with E-state index in [0.29, 0.717) is 11.1 Å². The third kappa shape index (κ3) is 4.38. The van der Waals surface area contributed by atoms with Crippen LogP contribution in [0.15, 0.2) is 41.4 Å². The number of amides is 1. The first-order valence-corrected chi connectivity index (χ1v) is 10.6. The number of aliphatic imine (C=N–C) groups is 1. The molecule has 0 aromatic heterocycles. The number of nitrogens with zero attached hydrogens (tertiary/aromatic N) is 2. The molecule has 11 heteroatoms. The van der Waals surface area contributed by atoms with Gasteiger partial charge in [0.15, 0.2) is 23.1 Å². The standard InChI is InChI=1S/C23H22F5N3O3/c1-31-20(32)23(30-22(31)29,14-4-6-16(24)18(11-14)33-9-8-19(25)26)13-5-7-17(34-21(27)28)15(10-13)12-2-3-12/h4-7,10-12,19,21H,2-3,8-9H2,1H3,(H2,29,30). The van der Waals surface area contributed by atoms with Crippen molar-refractivity contribution >= 4 is 11.9 Å². The molecule has 2 N–H and O–H groups in total. The van der Waals surface area contributed by atoms with Crippen LogP contribution in [0, 0.1) is 5.82 Å². The third-order valence-electron chi connectivity index (χ3n) is 5.84. The van der Waals surface area contributed by atoms with E-state index < -0.39 is 43.3 Å². The molecule has 34 heavy (non-hydrogen) atoms. The molecule has 1 aliphatic carbocycles. The molecule has 1 saturated carbocycles. The van der Waals surface area contributed by atoms with E-state index >= 15 is 0 Å². The monoisotopic (exact) mass is 483 g/mol. The quantitative estimate of drug-likeness (QED) is 0.538. The SMILES string of the molecule is CN1C(=O)C(c2ccc(F)c(OCCC(F)F)c2)(c2ccc(OC(F)F)c(C3CC3)c2)N=C1N. The minimum absolute atomic E-state index is 0.00211. The number of ether oxygens (including phenoxy) is 2. The van der Waals surface area contributed by atoms with Crippen molar-refractivity contribution in [2.45, 2.75) is 43.8 Å². The van der Waals surface area contributed by atoms with Crippen molar-refractivity contribution in [3.8, 4) is 11.5 Å². The van der Waals surface area contributed by atoms with Crippen molar-refractivity contribution in [1.29, 1.82) is 0 Å². The number of alkyl halides is 4. The Labute approximate surface area is 192 Å². The van der Waals surface area contributed by atoms with E-state index in [9.17, 15) is 26.7 Å². The normalized spacial score (nSPS) is 20.3. The Morgan fingerprint density at radius 2 is 1.79 bits per heavy atom. The zero-order valence-electron chi connectivity index (χ0n) is 18.1. The molecule has 1 heterocycles. The number of guanidine groups is 1. The highest BCUT2D eigenvalue weighted by molar-refractivity contribution is 6.09.